The van der Waals surface area contributed by atoms with Gasteiger partial charge in [-0.2, -0.15) is 0 Å². The average Bonchev–Trinajstić information content (AvgIpc) is 2.40. The third-order valence-electron chi connectivity index (χ3n) is 2.65. The highest BCUT2D eigenvalue weighted by molar-refractivity contribution is 5.64. The minimum absolute atomic E-state index is 0.814. The molecule has 0 aliphatic rings. The molecule has 0 aromatic carbocycles. The molecule has 2 aromatic heterocycles. The molecule has 0 fully saturated rings. The quantitative estimate of drug-likeness (QED) is 0.876. The number of rotatable bonds is 3. The van der Waals surface area contributed by atoms with Crippen molar-refractivity contribution in [3.63, 3.8) is 0 Å². The monoisotopic (exact) mass is 228 g/mol. The Bertz CT molecular complexity index is 508. The highest BCUT2D eigenvalue weighted by atomic mass is 15.0. The number of aromatic nitrogens is 3. The number of aryl methyl sites for hydroxylation is 1. The summed E-state index contributed by atoms with van der Waals surface area (Å²) in [6, 6.07) is 5.84. The molecular weight excluding hydrogens is 212 g/mol. The van der Waals surface area contributed by atoms with E-state index in [1.54, 1.807) is 6.20 Å². The van der Waals surface area contributed by atoms with E-state index in [4.69, 9.17) is 0 Å². The predicted octanol–water partition coefficient (Wildman–Crippen LogP) is 2.45. The summed E-state index contributed by atoms with van der Waals surface area (Å²) in [4.78, 5) is 13.3. The average molecular weight is 228 g/mol. The van der Waals surface area contributed by atoms with Crippen molar-refractivity contribution in [1.82, 2.24) is 15.0 Å². The predicted molar refractivity (Wildman–Crippen MR) is 68.9 cm³/mol. The summed E-state index contributed by atoms with van der Waals surface area (Å²) in [7, 11) is 1.87. The van der Waals surface area contributed by atoms with Gasteiger partial charge >= 0.3 is 0 Å². The fraction of sp³-hybridized carbons (Fsp3) is 0.308. The lowest BCUT2D eigenvalue weighted by Gasteiger charge is -2.10. The molecule has 0 saturated carbocycles. The van der Waals surface area contributed by atoms with Crippen molar-refractivity contribution in [2.24, 2.45) is 0 Å². The molecule has 4 heteroatoms. The van der Waals surface area contributed by atoms with Gasteiger partial charge in [-0.05, 0) is 19.1 Å². The molecule has 0 amide bonds. The first kappa shape index (κ1) is 11.5. The van der Waals surface area contributed by atoms with Crippen LogP contribution in [-0.2, 0) is 6.42 Å². The van der Waals surface area contributed by atoms with Gasteiger partial charge in [-0.15, -0.1) is 0 Å². The summed E-state index contributed by atoms with van der Waals surface area (Å²) in [5, 5.41) is 3.10. The van der Waals surface area contributed by atoms with Crippen LogP contribution in [0, 0.1) is 6.92 Å². The Kier molecular flexibility index (Phi) is 3.32. The third-order valence-corrected chi connectivity index (χ3v) is 2.65. The standard InChI is InChI=1S/C13H16N4/c1-4-11-16-12(9(2)13(14-3)17-11)10-7-5-6-8-15-10/h5-8H,4H2,1-3H3,(H,14,16,17). The molecule has 17 heavy (non-hydrogen) atoms. The number of hydrogen-bond acceptors (Lipinski definition) is 4. The van der Waals surface area contributed by atoms with E-state index >= 15 is 0 Å². The van der Waals surface area contributed by atoms with E-state index in [-0.39, 0.29) is 0 Å². The van der Waals surface area contributed by atoms with Crippen LogP contribution in [0.1, 0.15) is 18.3 Å². The Morgan fingerprint density at radius 3 is 2.65 bits per heavy atom. The first-order chi connectivity index (χ1) is 8.26. The molecule has 0 aliphatic heterocycles. The van der Waals surface area contributed by atoms with Crippen molar-refractivity contribution in [3.05, 3.63) is 35.8 Å². The van der Waals surface area contributed by atoms with Gasteiger partial charge in [-0.1, -0.05) is 13.0 Å². The van der Waals surface area contributed by atoms with Crippen molar-refractivity contribution in [2.75, 3.05) is 12.4 Å². The summed E-state index contributed by atoms with van der Waals surface area (Å²) < 4.78 is 0. The van der Waals surface area contributed by atoms with Gasteiger partial charge in [0.25, 0.3) is 0 Å². The zero-order valence-corrected chi connectivity index (χ0v) is 10.4. The second-order valence-corrected chi connectivity index (χ2v) is 3.78. The van der Waals surface area contributed by atoms with Crippen LogP contribution in [0.4, 0.5) is 5.82 Å². The first-order valence-corrected chi connectivity index (χ1v) is 5.73. The number of pyridine rings is 1. The largest absolute Gasteiger partial charge is 0.373 e. The van der Waals surface area contributed by atoms with Crippen LogP contribution >= 0.6 is 0 Å². The Labute approximate surface area is 101 Å². The molecule has 0 atom stereocenters. The van der Waals surface area contributed by atoms with E-state index in [2.05, 4.69) is 20.3 Å². The molecule has 2 heterocycles. The van der Waals surface area contributed by atoms with E-state index in [1.165, 1.54) is 0 Å². The van der Waals surface area contributed by atoms with Crippen LogP contribution in [0.25, 0.3) is 11.4 Å². The summed E-state index contributed by atoms with van der Waals surface area (Å²) in [6.45, 7) is 4.06. The van der Waals surface area contributed by atoms with Crippen LogP contribution in [0.15, 0.2) is 24.4 Å². The van der Waals surface area contributed by atoms with Crippen LogP contribution in [0.3, 0.4) is 0 Å². The second kappa shape index (κ2) is 4.91. The molecule has 88 valence electrons. The Hall–Kier alpha value is -1.97. The topological polar surface area (TPSA) is 50.7 Å². The van der Waals surface area contributed by atoms with E-state index < -0.39 is 0 Å². The molecule has 0 aliphatic carbocycles. The van der Waals surface area contributed by atoms with Gasteiger partial charge in [0.15, 0.2) is 0 Å². The number of nitrogens with one attached hydrogen (secondary N) is 1. The maximum absolute atomic E-state index is 4.56. The molecule has 0 bridgehead atoms. The molecule has 2 rings (SSSR count). The maximum Gasteiger partial charge on any atom is 0.133 e. The van der Waals surface area contributed by atoms with Crippen molar-refractivity contribution in [3.8, 4) is 11.4 Å². The van der Waals surface area contributed by atoms with E-state index in [9.17, 15) is 0 Å². The minimum Gasteiger partial charge on any atom is -0.373 e. The molecule has 1 N–H and O–H groups in total. The highest BCUT2D eigenvalue weighted by Crippen LogP contribution is 2.23. The van der Waals surface area contributed by atoms with Gasteiger partial charge < -0.3 is 5.32 Å². The minimum atomic E-state index is 0.814. The zero-order valence-electron chi connectivity index (χ0n) is 10.4. The molecular formula is C13H16N4. The van der Waals surface area contributed by atoms with Gasteiger partial charge in [0.2, 0.25) is 0 Å². The van der Waals surface area contributed by atoms with Crippen LogP contribution in [0.5, 0.6) is 0 Å². The SMILES string of the molecule is CCc1nc(NC)c(C)c(-c2ccccn2)n1. The van der Waals surface area contributed by atoms with Crippen LogP contribution in [0.2, 0.25) is 0 Å². The van der Waals surface area contributed by atoms with Crippen molar-refractivity contribution in [1.29, 1.82) is 0 Å². The Balaban J connectivity index is 2.60. The first-order valence-electron chi connectivity index (χ1n) is 5.73. The normalized spacial score (nSPS) is 10.3. The number of hydrogen-bond donors (Lipinski definition) is 1. The fourth-order valence-electron chi connectivity index (χ4n) is 1.72. The summed E-state index contributed by atoms with van der Waals surface area (Å²) in [5.41, 5.74) is 2.82. The van der Waals surface area contributed by atoms with Crippen LogP contribution < -0.4 is 5.32 Å². The Morgan fingerprint density at radius 1 is 1.24 bits per heavy atom. The number of anilines is 1. The molecule has 0 spiro atoms. The lowest BCUT2D eigenvalue weighted by Crippen LogP contribution is -2.05. The summed E-state index contributed by atoms with van der Waals surface area (Å²) in [5.74, 6) is 1.71. The highest BCUT2D eigenvalue weighted by Gasteiger charge is 2.11. The molecule has 0 saturated heterocycles. The molecule has 4 nitrogen and oxygen atoms in total. The van der Waals surface area contributed by atoms with Gasteiger partial charge in [-0.3, -0.25) is 4.98 Å². The summed E-state index contributed by atoms with van der Waals surface area (Å²) in [6.07, 6.45) is 2.59. The van der Waals surface area contributed by atoms with E-state index in [0.717, 1.165) is 35.0 Å². The second-order valence-electron chi connectivity index (χ2n) is 3.78. The number of nitrogens with zero attached hydrogens (tertiary/aromatic N) is 3. The Morgan fingerprint density at radius 2 is 2.06 bits per heavy atom. The van der Waals surface area contributed by atoms with Gasteiger partial charge in [0.1, 0.15) is 11.6 Å². The van der Waals surface area contributed by atoms with E-state index in [0.29, 0.717) is 0 Å². The van der Waals surface area contributed by atoms with Gasteiger partial charge in [-0.25, -0.2) is 9.97 Å². The van der Waals surface area contributed by atoms with Crippen molar-refractivity contribution >= 4 is 5.82 Å². The van der Waals surface area contributed by atoms with Crippen molar-refractivity contribution in [2.45, 2.75) is 20.3 Å². The smallest absolute Gasteiger partial charge is 0.133 e. The lowest BCUT2D eigenvalue weighted by molar-refractivity contribution is 0.933. The lowest BCUT2D eigenvalue weighted by atomic mass is 10.1. The van der Waals surface area contributed by atoms with Gasteiger partial charge in [0, 0.05) is 25.2 Å². The maximum atomic E-state index is 4.56. The summed E-state index contributed by atoms with van der Waals surface area (Å²) >= 11 is 0. The third kappa shape index (κ3) is 2.25. The zero-order chi connectivity index (χ0) is 12.3. The van der Waals surface area contributed by atoms with Crippen LogP contribution in [-0.4, -0.2) is 22.0 Å². The molecule has 0 radical (unpaired) electrons. The van der Waals surface area contributed by atoms with Gasteiger partial charge in [0.05, 0.1) is 11.4 Å². The fourth-order valence-corrected chi connectivity index (χ4v) is 1.72. The molecule has 0 unspecified atom stereocenters. The van der Waals surface area contributed by atoms with E-state index in [1.807, 2.05) is 39.1 Å². The molecule has 2 aromatic rings. The van der Waals surface area contributed by atoms with Crippen molar-refractivity contribution < 1.29 is 0 Å².